The van der Waals surface area contributed by atoms with Crippen LogP contribution in [0.15, 0.2) is 18.2 Å². The van der Waals surface area contributed by atoms with Crippen molar-refractivity contribution in [2.24, 2.45) is 0 Å². The number of rotatable bonds is 6. The number of hydrogen-bond acceptors (Lipinski definition) is 7. The van der Waals surface area contributed by atoms with Crippen LogP contribution in [0.5, 0.6) is 0 Å². The number of hydrogen-bond donors (Lipinski definition) is 3. The number of ether oxygens (including phenoxy) is 1. The van der Waals surface area contributed by atoms with Gasteiger partial charge >= 0.3 is 0 Å². The summed E-state index contributed by atoms with van der Waals surface area (Å²) in [5, 5.41) is 8.96. The van der Waals surface area contributed by atoms with E-state index in [4.69, 9.17) is 4.74 Å². The standard InChI is InChI=1S/C21H26N4O5/c1-21(2)24-13(11-30-21)7-8-22-10-12-3-4-14-15(9-12)20(29)25(19(14)28)16-5-6-17(26)23-18(16)27/h3-4,9,13,16,22,24H,5-8,10-11H2,1-2H3,(H,23,26,27)/t13-,16?/m1/s1. The van der Waals surface area contributed by atoms with Crippen molar-refractivity contribution < 1.29 is 23.9 Å². The van der Waals surface area contributed by atoms with E-state index in [9.17, 15) is 19.2 Å². The second-order valence-electron chi connectivity index (χ2n) is 8.46. The fraction of sp³-hybridized carbons (Fsp3) is 0.524. The van der Waals surface area contributed by atoms with Gasteiger partial charge in [-0.25, -0.2) is 0 Å². The molecule has 3 N–H and O–H groups in total. The zero-order valence-electron chi connectivity index (χ0n) is 17.1. The number of benzene rings is 1. The van der Waals surface area contributed by atoms with Gasteiger partial charge in [-0.3, -0.25) is 34.7 Å². The van der Waals surface area contributed by atoms with Crippen LogP contribution in [0.3, 0.4) is 0 Å². The number of carbonyl (C=O) groups is 4. The van der Waals surface area contributed by atoms with Crippen LogP contribution in [0.25, 0.3) is 0 Å². The first-order valence-electron chi connectivity index (χ1n) is 10.2. The van der Waals surface area contributed by atoms with E-state index in [-0.39, 0.29) is 24.5 Å². The normalized spacial score (nSPS) is 25.6. The molecule has 160 valence electrons. The van der Waals surface area contributed by atoms with Crippen molar-refractivity contribution in [3.63, 3.8) is 0 Å². The minimum atomic E-state index is -0.943. The minimum Gasteiger partial charge on any atom is -0.360 e. The SMILES string of the molecule is CC1(C)N[C@H](CCNCc2ccc3c(c2)C(=O)N(C2CCC(=O)NC2=O)C3=O)CO1. The second-order valence-corrected chi connectivity index (χ2v) is 8.46. The van der Waals surface area contributed by atoms with E-state index in [0.29, 0.717) is 30.3 Å². The lowest BCUT2D eigenvalue weighted by molar-refractivity contribution is -0.136. The molecule has 3 heterocycles. The molecular weight excluding hydrogens is 388 g/mol. The molecule has 4 rings (SSSR count). The highest BCUT2D eigenvalue weighted by Crippen LogP contribution is 2.28. The van der Waals surface area contributed by atoms with Crippen LogP contribution in [-0.4, -0.2) is 59.5 Å². The molecule has 30 heavy (non-hydrogen) atoms. The molecule has 0 bridgehead atoms. The monoisotopic (exact) mass is 414 g/mol. The van der Waals surface area contributed by atoms with Gasteiger partial charge in [0.25, 0.3) is 11.8 Å². The highest BCUT2D eigenvalue weighted by Gasteiger charge is 2.44. The number of fused-ring (bicyclic) bond motifs is 1. The Morgan fingerprint density at radius 1 is 1.17 bits per heavy atom. The summed E-state index contributed by atoms with van der Waals surface area (Å²) < 4.78 is 5.65. The molecule has 0 saturated carbocycles. The molecule has 4 amide bonds. The summed E-state index contributed by atoms with van der Waals surface area (Å²) in [5.74, 6) is -1.96. The summed E-state index contributed by atoms with van der Waals surface area (Å²) in [5.41, 5.74) is 1.20. The lowest BCUT2D eigenvalue weighted by Gasteiger charge is -2.27. The van der Waals surface area contributed by atoms with Gasteiger partial charge in [-0.2, -0.15) is 0 Å². The van der Waals surface area contributed by atoms with Crippen molar-refractivity contribution in [3.05, 3.63) is 34.9 Å². The molecule has 9 heteroatoms. The first-order valence-corrected chi connectivity index (χ1v) is 10.2. The summed E-state index contributed by atoms with van der Waals surface area (Å²) in [7, 11) is 0. The van der Waals surface area contributed by atoms with Crippen molar-refractivity contribution in [1.29, 1.82) is 0 Å². The van der Waals surface area contributed by atoms with Crippen LogP contribution in [0.1, 0.15) is 59.4 Å². The third kappa shape index (κ3) is 4.00. The smallest absolute Gasteiger partial charge is 0.262 e. The molecule has 0 aliphatic carbocycles. The quantitative estimate of drug-likeness (QED) is 0.453. The molecule has 9 nitrogen and oxygen atoms in total. The summed E-state index contributed by atoms with van der Waals surface area (Å²) in [6.45, 7) is 6.02. The summed E-state index contributed by atoms with van der Waals surface area (Å²) in [6.07, 6.45) is 1.17. The van der Waals surface area contributed by atoms with Crippen molar-refractivity contribution in [1.82, 2.24) is 20.9 Å². The van der Waals surface area contributed by atoms with Gasteiger partial charge in [0, 0.05) is 19.0 Å². The Hall–Kier alpha value is -2.62. The highest BCUT2D eigenvalue weighted by molar-refractivity contribution is 6.23. The largest absolute Gasteiger partial charge is 0.360 e. The number of nitrogens with one attached hydrogen (secondary N) is 3. The average Bonchev–Trinajstić information content (AvgIpc) is 3.16. The molecule has 1 aromatic carbocycles. The molecule has 3 aliphatic heterocycles. The zero-order chi connectivity index (χ0) is 21.5. The van der Waals surface area contributed by atoms with E-state index in [0.717, 1.165) is 23.4 Å². The minimum absolute atomic E-state index is 0.108. The fourth-order valence-electron chi connectivity index (χ4n) is 4.18. The Balaban J connectivity index is 1.36. The van der Waals surface area contributed by atoms with Crippen LogP contribution in [-0.2, 0) is 20.9 Å². The van der Waals surface area contributed by atoms with E-state index in [1.165, 1.54) is 0 Å². The lowest BCUT2D eigenvalue weighted by atomic mass is 10.0. The molecule has 2 atom stereocenters. The maximum absolute atomic E-state index is 12.8. The van der Waals surface area contributed by atoms with E-state index < -0.39 is 23.8 Å². The Labute approximate surface area is 174 Å². The van der Waals surface area contributed by atoms with Crippen LogP contribution in [0.2, 0.25) is 0 Å². The van der Waals surface area contributed by atoms with E-state index in [1.54, 1.807) is 12.1 Å². The van der Waals surface area contributed by atoms with Crippen molar-refractivity contribution in [2.45, 2.75) is 57.5 Å². The summed E-state index contributed by atoms with van der Waals surface area (Å²) in [4.78, 5) is 50.0. The van der Waals surface area contributed by atoms with Crippen molar-refractivity contribution in [3.8, 4) is 0 Å². The molecular formula is C21H26N4O5. The van der Waals surface area contributed by atoms with Crippen LogP contribution < -0.4 is 16.0 Å². The third-order valence-electron chi connectivity index (χ3n) is 5.70. The molecule has 0 spiro atoms. The van der Waals surface area contributed by atoms with Gasteiger partial charge in [0.05, 0.1) is 17.7 Å². The molecule has 3 aliphatic rings. The summed E-state index contributed by atoms with van der Waals surface area (Å²) in [6, 6.07) is 4.50. The zero-order valence-corrected chi connectivity index (χ0v) is 17.1. The molecule has 0 aromatic heterocycles. The maximum atomic E-state index is 12.8. The van der Waals surface area contributed by atoms with Crippen LogP contribution >= 0.6 is 0 Å². The Kier molecular flexibility index (Phi) is 5.44. The number of piperidine rings is 1. The predicted molar refractivity (Wildman–Crippen MR) is 106 cm³/mol. The van der Waals surface area contributed by atoms with E-state index >= 15 is 0 Å². The summed E-state index contributed by atoms with van der Waals surface area (Å²) >= 11 is 0. The average molecular weight is 414 g/mol. The first kappa shape index (κ1) is 20.6. The van der Waals surface area contributed by atoms with Gasteiger partial charge in [0.1, 0.15) is 11.8 Å². The second kappa shape index (κ2) is 7.90. The van der Waals surface area contributed by atoms with Gasteiger partial charge < -0.3 is 10.1 Å². The van der Waals surface area contributed by atoms with E-state index in [2.05, 4.69) is 16.0 Å². The molecule has 1 unspecified atom stereocenters. The topological polar surface area (TPSA) is 117 Å². The highest BCUT2D eigenvalue weighted by atomic mass is 16.5. The van der Waals surface area contributed by atoms with Gasteiger partial charge in [0.2, 0.25) is 11.8 Å². The fourth-order valence-corrected chi connectivity index (χ4v) is 4.18. The third-order valence-corrected chi connectivity index (χ3v) is 5.70. The molecule has 0 radical (unpaired) electrons. The molecule has 2 saturated heterocycles. The Bertz CT molecular complexity index is 913. The number of amides is 4. The van der Waals surface area contributed by atoms with Gasteiger partial charge in [-0.1, -0.05) is 6.07 Å². The van der Waals surface area contributed by atoms with Crippen LogP contribution in [0.4, 0.5) is 0 Å². The van der Waals surface area contributed by atoms with Gasteiger partial charge in [0.15, 0.2) is 0 Å². The van der Waals surface area contributed by atoms with Crippen molar-refractivity contribution >= 4 is 23.6 Å². The maximum Gasteiger partial charge on any atom is 0.262 e. The number of nitrogens with zero attached hydrogens (tertiary/aromatic N) is 1. The number of imide groups is 2. The van der Waals surface area contributed by atoms with Gasteiger partial charge in [-0.05, 0) is 50.9 Å². The first-order chi connectivity index (χ1) is 14.2. The number of carbonyl (C=O) groups excluding carboxylic acids is 4. The van der Waals surface area contributed by atoms with Crippen LogP contribution in [0, 0.1) is 0 Å². The predicted octanol–water partition coefficient (Wildman–Crippen LogP) is 0.292. The molecule has 2 fully saturated rings. The Morgan fingerprint density at radius 2 is 1.93 bits per heavy atom. The van der Waals surface area contributed by atoms with Gasteiger partial charge in [-0.15, -0.1) is 0 Å². The Morgan fingerprint density at radius 3 is 2.63 bits per heavy atom. The van der Waals surface area contributed by atoms with E-state index in [1.807, 2.05) is 19.9 Å². The lowest BCUT2D eigenvalue weighted by Crippen LogP contribution is -2.54. The van der Waals surface area contributed by atoms with Crippen molar-refractivity contribution in [2.75, 3.05) is 13.2 Å². The molecule has 1 aromatic rings.